The van der Waals surface area contributed by atoms with E-state index in [2.05, 4.69) is 13.8 Å². The fraction of sp³-hybridized carbons (Fsp3) is 0.947. The van der Waals surface area contributed by atoms with E-state index >= 15 is 0 Å². The topological polar surface area (TPSA) is 38.8 Å². The van der Waals surface area contributed by atoms with Gasteiger partial charge in [0, 0.05) is 13.2 Å². The van der Waals surface area contributed by atoms with Crippen LogP contribution >= 0.6 is 0 Å². The Kier molecular flexibility index (Phi) is 8.38. The Morgan fingerprint density at radius 1 is 1.13 bits per heavy atom. The standard InChI is InChI=1S/C19H37NO3/c1-6-8-9-10-11-15-22-19(7-2)13-12-14-20(16-19)17(21)23-18(3,4)5/h6-16H2,1-5H3. The second-order valence-corrected chi connectivity index (χ2v) is 7.80. The molecule has 1 atom stereocenters. The Labute approximate surface area is 142 Å². The van der Waals surface area contributed by atoms with Crippen LogP contribution in [0.15, 0.2) is 0 Å². The molecule has 0 saturated carbocycles. The number of hydrogen-bond acceptors (Lipinski definition) is 3. The van der Waals surface area contributed by atoms with Crippen LogP contribution in [-0.4, -0.2) is 41.9 Å². The molecule has 23 heavy (non-hydrogen) atoms. The third-order valence-corrected chi connectivity index (χ3v) is 4.49. The Morgan fingerprint density at radius 3 is 2.43 bits per heavy atom. The molecule has 4 nitrogen and oxygen atoms in total. The number of unbranched alkanes of at least 4 members (excludes halogenated alkanes) is 4. The minimum Gasteiger partial charge on any atom is -0.444 e. The summed E-state index contributed by atoms with van der Waals surface area (Å²) in [4.78, 5) is 14.1. The minimum atomic E-state index is -0.441. The van der Waals surface area contributed by atoms with Gasteiger partial charge in [-0.2, -0.15) is 0 Å². The molecule has 0 aromatic carbocycles. The number of rotatable bonds is 8. The van der Waals surface area contributed by atoms with Crippen LogP contribution < -0.4 is 0 Å². The molecule has 1 heterocycles. The van der Waals surface area contributed by atoms with Crippen molar-refractivity contribution in [2.45, 2.75) is 97.2 Å². The minimum absolute atomic E-state index is 0.181. The molecule has 4 heteroatoms. The first-order valence-corrected chi connectivity index (χ1v) is 9.44. The van der Waals surface area contributed by atoms with Crippen LogP contribution in [0.25, 0.3) is 0 Å². The van der Waals surface area contributed by atoms with Crippen LogP contribution in [0, 0.1) is 0 Å². The van der Waals surface area contributed by atoms with E-state index in [0.29, 0.717) is 6.54 Å². The quantitative estimate of drug-likeness (QED) is 0.578. The Bertz CT molecular complexity index is 351. The zero-order chi connectivity index (χ0) is 17.3. The maximum Gasteiger partial charge on any atom is 0.410 e. The monoisotopic (exact) mass is 327 g/mol. The molecule has 1 aliphatic heterocycles. The van der Waals surface area contributed by atoms with Crippen LogP contribution in [0.1, 0.15) is 86.0 Å². The van der Waals surface area contributed by atoms with Gasteiger partial charge in [0.1, 0.15) is 5.60 Å². The highest BCUT2D eigenvalue weighted by Crippen LogP contribution is 2.29. The molecule has 1 unspecified atom stereocenters. The summed E-state index contributed by atoms with van der Waals surface area (Å²) in [5.41, 5.74) is -0.622. The molecule has 1 fully saturated rings. The predicted octanol–water partition coefficient (Wildman–Crippen LogP) is 5.15. The molecular formula is C19H37NO3. The lowest BCUT2D eigenvalue weighted by Crippen LogP contribution is -2.52. The molecule has 1 amide bonds. The van der Waals surface area contributed by atoms with E-state index in [1.165, 1.54) is 25.7 Å². The van der Waals surface area contributed by atoms with E-state index in [0.717, 1.165) is 38.8 Å². The van der Waals surface area contributed by atoms with E-state index < -0.39 is 5.60 Å². The predicted molar refractivity (Wildman–Crippen MR) is 94.8 cm³/mol. The van der Waals surface area contributed by atoms with Crippen LogP contribution in [0.2, 0.25) is 0 Å². The normalized spacial score (nSPS) is 22.2. The largest absolute Gasteiger partial charge is 0.444 e. The average molecular weight is 328 g/mol. The lowest BCUT2D eigenvalue weighted by molar-refractivity contribution is -0.0941. The van der Waals surface area contributed by atoms with E-state index in [4.69, 9.17) is 9.47 Å². The number of nitrogens with zero attached hydrogens (tertiary/aromatic N) is 1. The molecule has 0 radical (unpaired) electrons. The molecular weight excluding hydrogens is 290 g/mol. The van der Waals surface area contributed by atoms with Crippen LogP contribution in [-0.2, 0) is 9.47 Å². The number of carbonyl (C=O) groups excluding carboxylic acids is 1. The van der Waals surface area contributed by atoms with Crippen molar-refractivity contribution in [1.29, 1.82) is 0 Å². The number of ether oxygens (including phenoxy) is 2. The van der Waals surface area contributed by atoms with Gasteiger partial charge in [0.15, 0.2) is 0 Å². The molecule has 0 bridgehead atoms. The van der Waals surface area contributed by atoms with Crippen LogP contribution in [0.4, 0.5) is 4.79 Å². The van der Waals surface area contributed by atoms with Crippen molar-refractivity contribution in [3.63, 3.8) is 0 Å². The smallest absolute Gasteiger partial charge is 0.410 e. The molecule has 1 rings (SSSR count). The van der Waals surface area contributed by atoms with Gasteiger partial charge in [-0.05, 0) is 46.5 Å². The SMILES string of the molecule is CCCCCCCOC1(CC)CCCN(C(=O)OC(C)(C)C)C1. The van der Waals surface area contributed by atoms with Crippen LogP contribution in [0.5, 0.6) is 0 Å². The summed E-state index contributed by atoms with van der Waals surface area (Å²) in [5, 5.41) is 0. The molecule has 0 aliphatic carbocycles. The number of carbonyl (C=O) groups is 1. The summed E-state index contributed by atoms with van der Waals surface area (Å²) in [6.45, 7) is 12.4. The van der Waals surface area contributed by atoms with Crippen molar-refractivity contribution in [2.75, 3.05) is 19.7 Å². The Hall–Kier alpha value is -0.770. The van der Waals surface area contributed by atoms with Gasteiger partial charge in [-0.15, -0.1) is 0 Å². The highest BCUT2D eigenvalue weighted by atomic mass is 16.6. The fourth-order valence-corrected chi connectivity index (χ4v) is 3.08. The summed E-state index contributed by atoms with van der Waals surface area (Å²) in [6, 6.07) is 0. The lowest BCUT2D eigenvalue weighted by atomic mass is 9.90. The average Bonchev–Trinajstić information content (AvgIpc) is 2.49. The van der Waals surface area contributed by atoms with Crippen molar-refractivity contribution < 1.29 is 14.3 Å². The highest BCUT2D eigenvalue weighted by molar-refractivity contribution is 5.68. The van der Waals surface area contributed by atoms with Crippen molar-refractivity contribution in [2.24, 2.45) is 0 Å². The maximum atomic E-state index is 12.3. The molecule has 1 aliphatic rings. The highest BCUT2D eigenvalue weighted by Gasteiger charge is 2.37. The molecule has 136 valence electrons. The lowest BCUT2D eigenvalue weighted by Gasteiger charge is -2.42. The van der Waals surface area contributed by atoms with E-state index in [9.17, 15) is 4.79 Å². The van der Waals surface area contributed by atoms with Crippen molar-refractivity contribution in [1.82, 2.24) is 4.90 Å². The van der Waals surface area contributed by atoms with Crippen LogP contribution in [0.3, 0.4) is 0 Å². The Morgan fingerprint density at radius 2 is 1.83 bits per heavy atom. The number of likely N-dealkylation sites (tertiary alicyclic amines) is 1. The first kappa shape index (κ1) is 20.3. The third-order valence-electron chi connectivity index (χ3n) is 4.49. The summed E-state index contributed by atoms with van der Waals surface area (Å²) in [7, 11) is 0. The van der Waals surface area contributed by atoms with Gasteiger partial charge in [0.25, 0.3) is 0 Å². The zero-order valence-corrected chi connectivity index (χ0v) is 16.0. The molecule has 0 aromatic rings. The molecule has 1 saturated heterocycles. The van der Waals surface area contributed by atoms with Gasteiger partial charge in [-0.3, -0.25) is 0 Å². The second kappa shape index (κ2) is 9.51. The fourth-order valence-electron chi connectivity index (χ4n) is 3.08. The third kappa shape index (κ3) is 7.56. The summed E-state index contributed by atoms with van der Waals surface area (Å²) in [5.74, 6) is 0. The number of hydrogen-bond donors (Lipinski definition) is 0. The van der Waals surface area contributed by atoms with Crippen molar-refractivity contribution >= 4 is 6.09 Å². The first-order chi connectivity index (χ1) is 10.8. The summed E-state index contributed by atoms with van der Waals surface area (Å²) < 4.78 is 11.8. The van der Waals surface area contributed by atoms with E-state index in [1.54, 1.807) is 0 Å². The molecule has 0 spiro atoms. The number of piperidine rings is 1. The molecule has 0 aromatic heterocycles. The van der Waals surface area contributed by atoms with Gasteiger partial charge in [-0.1, -0.05) is 39.5 Å². The van der Waals surface area contributed by atoms with Gasteiger partial charge < -0.3 is 14.4 Å². The van der Waals surface area contributed by atoms with E-state index in [1.807, 2.05) is 25.7 Å². The number of amides is 1. The maximum absolute atomic E-state index is 12.3. The Balaban J connectivity index is 2.46. The van der Waals surface area contributed by atoms with Crippen molar-refractivity contribution in [3.05, 3.63) is 0 Å². The zero-order valence-electron chi connectivity index (χ0n) is 16.0. The van der Waals surface area contributed by atoms with Gasteiger partial charge in [0.05, 0.1) is 12.1 Å². The van der Waals surface area contributed by atoms with Gasteiger partial charge in [-0.25, -0.2) is 4.79 Å². The van der Waals surface area contributed by atoms with Gasteiger partial charge >= 0.3 is 6.09 Å². The summed E-state index contributed by atoms with van der Waals surface area (Å²) in [6.07, 6.45) is 9.00. The second-order valence-electron chi connectivity index (χ2n) is 7.80. The van der Waals surface area contributed by atoms with Crippen molar-refractivity contribution in [3.8, 4) is 0 Å². The van der Waals surface area contributed by atoms with E-state index in [-0.39, 0.29) is 11.7 Å². The first-order valence-electron chi connectivity index (χ1n) is 9.44. The van der Waals surface area contributed by atoms with Gasteiger partial charge in [0.2, 0.25) is 0 Å². The summed E-state index contributed by atoms with van der Waals surface area (Å²) >= 11 is 0. The molecule has 0 N–H and O–H groups in total.